The van der Waals surface area contributed by atoms with Crippen LogP contribution in [0.25, 0.3) is 0 Å². The van der Waals surface area contributed by atoms with Crippen LogP contribution in [0, 0.1) is 11.3 Å². The number of nitriles is 1. The maximum atomic E-state index is 8.39. The number of aliphatic imine (C=N–C) groups is 1. The monoisotopic (exact) mass is 166 g/mol. The molecule has 0 aliphatic rings. The Morgan fingerprint density at radius 1 is 1.60 bits per heavy atom. The van der Waals surface area contributed by atoms with E-state index in [-0.39, 0.29) is 0 Å². The third-order valence-corrected chi connectivity index (χ3v) is 1.83. The average molecular weight is 166 g/mol. The molecule has 10 heavy (non-hydrogen) atoms. The highest BCUT2D eigenvalue weighted by Crippen LogP contribution is 2.22. The molecule has 1 rings (SSSR count). The first-order valence-electron chi connectivity index (χ1n) is 2.44. The summed E-state index contributed by atoms with van der Waals surface area (Å²) < 4.78 is 0. The molecule has 0 bridgehead atoms. The summed E-state index contributed by atoms with van der Waals surface area (Å²) >= 11 is 5.69. The Hall–Kier alpha value is -1.01. The van der Waals surface area contributed by atoms with Crippen LogP contribution in [0.2, 0.25) is 0 Å². The fraction of sp³-hybridized carbons (Fsp3) is 0. The molecular weight excluding hydrogens is 164 g/mol. The van der Waals surface area contributed by atoms with Gasteiger partial charge < -0.3 is 0 Å². The summed E-state index contributed by atoms with van der Waals surface area (Å²) in [7, 11) is 0. The molecule has 0 atom stereocenters. The van der Waals surface area contributed by atoms with E-state index in [0.29, 0.717) is 4.88 Å². The molecule has 0 aliphatic carbocycles. The minimum absolute atomic E-state index is 0.643. The maximum Gasteiger partial charge on any atom is 0.128 e. The van der Waals surface area contributed by atoms with Crippen molar-refractivity contribution in [2.45, 2.75) is 0 Å². The van der Waals surface area contributed by atoms with E-state index in [9.17, 15) is 0 Å². The number of rotatable bonds is 1. The van der Waals surface area contributed by atoms with Crippen LogP contribution >= 0.6 is 23.6 Å². The molecular formula is C6H2N2S2. The highest BCUT2D eigenvalue weighted by molar-refractivity contribution is 7.78. The topological polar surface area (TPSA) is 36.1 Å². The van der Waals surface area contributed by atoms with Crippen molar-refractivity contribution in [1.82, 2.24) is 0 Å². The summed E-state index contributed by atoms with van der Waals surface area (Å²) in [4.78, 5) is 4.35. The second kappa shape index (κ2) is 3.23. The van der Waals surface area contributed by atoms with E-state index >= 15 is 0 Å². The van der Waals surface area contributed by atoms with Gasteiger partial charge in [0.2, 0.25) is 0 Å². The molecule has 0 amide bonds. The van der Waals surface area contributed by atoms with Gasteiger partial charge in [0.1, 0.15) is 15.9 Å². The first kappa shape index (κ1) is 7.10. The summed E-state index contributed by atoms with van der Waals surface area (Å²) in [6, 6.07) is 5.45. The van der Waals surface area contributed by atoms with Gasteiger partial charge in [0.05, 0.1) is 5.16 Å². The van der Waals surface area contributed by atoms with E-state index < -0.39 is 0 Å². The SMILES string of the molecule is N#Cc1ccc(N=C=S)s1. The smallest absolute Gasteiger partial charge is 0.128 e. The van der Waals surface area contributed by atoms with Crippen molar-refractivity contribution in [3.63, 3.8) is 0 Å². The number of nitrogens with zero attached hydrogens (tertiary/aromatic N) is 2. The molecule has 1 aromatic heterocycles. The minimum atomic E-state index is 0.643. The van der Waals surface area contributed by atoms with Crippen molar-refractivity contribution in [3.8, 4) is 6.07 Å². The Labute approximate surface area is 67.4 Å². The predicted octanol–water partition coefficient (Wildman–Crippen LogP) is 2.35. The second-order valence-corrected chi connectivity index (χ2v) is 2.70. The van der Waals surface area contributed by atoms with E-state index in [2.05, 4.69) is 22.4 Å². The lowest BCUT2D eigenvalue weighted by atomic mass is 10.5. The summed E-state index contributed by atoms with van der Waals surface area (Å²) in [6.45, 7) is 0. The fourth-order valence-electron chi connectivity index (χ4n) is 0.493. The lowest BCUT2D eigenvalue weighted by molar-refractivity contribution is 1.52. The number of hydrogen-bond acceptors (Lipinski definition) is 4. The maximum absolute atomic E-state index is 8.39. The number of thiocarbonyl (C=S) groups is 1. The molecule has 1 heterocycles. The number of thiophene rings is 1. The molecule has 2 nitrogen and oxygen atoms in total. The third kappa shape index (κ3) is 1.49. The van der Waals surface area contributed by atoms with Crippen molar-refractivity contribution in [2.75, 3.05) is 0 Å². The zero-order chi connectivity index (χ0) is 7.40. The van der Waals surface area contributed by atoms with E-state index in [1.165, 1.54) is 11.3 Å². The van der Waals surface area contributed by atoms with Gasteiger partial charge in [-0.05, 0) is 24.4 Å². The summed E-state index contributed by atoms with van der Waals surface area (Å²) in [6.07, 6.45) is 0. The van der Waals surface area contributed by atoms with Gasteiger partial charge in [-0.15, -0.1) is 11.3 Å². The van der Waals surface area contributed by atoms with Gasteiger partial charge in [0, 0.05) is 0 Å². The molecule has 0 unspecified atom stereocenters. The zero-order valence-corrected chi connectivity index (χ0v) is 6.50. The van der Waals surface area contributed by atoms with Gasteiger partial charge in [0.15, 0.2) is 0 Å². The van der Waals surface area contributed by atoms with Crippen LogP contribution in [0.4, 0.5) is 5.00 Å². The zero-order valence-electron chi connectivity index (χ0n) is 4.87. The van der Waals surface area contributed by atoms with Gasteiger partial charge in [-0.3, -0.25) is 0 Å². The van der Waals surface area contributed by atoms with Gasteiger partial charge in [-0.25, -0.2) is 0 Å². The lowest BCUT2D eigenvalue weighted by Crippen LogP contribution is -1.50. The van der Waals surface area contributed by atoms with Crippen LogP contribution in [0.1, 0.15) is 4.88 Å². The van der Waals surface area contributed by atoms with Crippen LogP contribution in [0.3, 0.4) is 0 Å². The third-order valence-electron chi connectivity index (χ3n) is 0.858. The van der Waals surface area contributed by atoms with Crippen molar-refractivity contribution in [2.24, 2.45) is 4.99 Å². The molecule has 0 fully saturated rings. The van der Waals surface area contributed by atoms with E-state index in [1.54, 1.807) is 12.1 Å². The Morgan fingerprint density at radius 3 is 2.90 bits per heavy atom. The van der Waals surface area contributed by atoms with Crippen molar-refractivity contribution in [3.05, 3.63) is 17.0 Å². The normalized spacial score (nSPS) is 7.90. The molecule has 0 aromatic carbocycles. The Bertz CT molecular complexity index is 315. The highest BCUT2D eigenvalue weighted by Gasteiger charge is 1.94. The molecule has 0 saturated carbocycles. The Balaban J connectivity index is 3.01. The molecule has 0 saturated heterocycles. The standard InChI is InChI=1S/C6H2N2S2/c7-3-5-1-2-6(10-5)8-4-9/h1-2H. The predicted molar refractivity (Wildman–Crippen MR) is 43.7 cm³/mol. The van der Waals surface area contributed by atoms with Crippen molar-refractivity contribution in [1.29, 1.82) is 5.26 Å². The molecule has 1 aromatic rings. The molecule has 4 heteroatoms. The van der Waals surface area contributed by atoms with Crippen LogP contribution in [-0.2, 0) is 0 Å². The first-order chi connectivity index (χ1) is 4.86. The Morgan fingerprint density at radius 2 is 2.40 bits per heavy atom. The first-order valence-corrected chi connectivity index (χ1v) is 3.67. The van der Waals surface area contributed by atoms with Gasteiger partial charge in [-0.1, -0.05) is 0 Å². The summed E-state index contributed by atoms with van der Waals surface area (Å²) in [5, 5.41) is 11.4. The van der Waals surface area contributed by atoms with Gasteiger partial charge >= 0.3 is 0 Å². The Kier molecular flexibility index (Phi) is 2.30. The summed E-state index contributed by atoms with van der Waals surface area (Å²) in [5.74, 6) is 0. The van der Waals surface area contributed by atoms with E-state index in [0.717, 1.165) is 5.00 Å². The van der Waals surface area contributed by atoms with Gasteiger partial charge in [-0.2, -0.15) is 10.3 Å². The van der Waals surface area contributed by atoms with Crippen molar-refractivity contribution >= 4 is 33.7 Å². The number of hydrogen-bond donors (Lipinski definition) is 0. The fourth-order valence-corrected chi connectivity index (χ4v) is 1.28. The average Bonchev–Trinajstić information content (AvgIpc) is 2.37. The minimum Gasteiger partial charge on any atom is -0.192 e. The van der Waals surface area contributed by atoms with Crippen LogP contribution < -0.4 is 0 Å². The van der Waals surface area contributed by atoms with Crippen LogP contribution in [-0.4, -0.2) is 5.16 Å². The van der Waals surface area contributed by atoms with E-state index in [4.69, 9.17) is 5.26 Å². The van der Waals surface area contributed by atoms with Crippen LogP contribution in [0.5, 0.6) is 0 Å². The lowest BCUT2D eigenvalue weighted by Gasteiger charge is -1.72. The number of isothiocyanates is 1. The highest BCUT2D eigenvalue weighted by atomic mass is 32.1. The van der Waals surface area contributed by atoms with Gasteiger partial charge in [0.25, 0.3) is 0 Å². The largest absolute Gasteiger partial charge is 0.192 e. The molecule has 0 aliphatic heterocycles. The van der Waals surface area contributed by atoms with Crippen molar-refractivity contribution < 1.29 is 0 Å². The second-order valence-electron chi connectivity index (χ2n) is 1.45. The molecule has 0 spiro atoms. The molecule has 48 valence electrons. The molecule has 0 radical (unpaired) electrons. The molecule has 0 N–H and O–H groups in total. The summed E-state index contributed by atoms with van der Waals surface area (Å²) in [5.41, 5.74) is 0. The van der Waals surface area contributed by atoms with Crippen LogP contribution in [0.15, 0.2) is 17.1 Å². The van der Waals surface area contributed by atoms with E-state index in [1.807, 2.05) is 6.07 Å². The quantitative estimate of drug-likeness (QED) is 0.474.